The molecule has 0 saturated heterocycles. The molecule has 1 fully saturated rings. The number of methoxy groups -OCH3 is 1. The van der Waals surface area contributed by atoms with E-state index in [1.165, 1.54) is 0 Å². The second kappa shape index (κ2) is 8.58. The lowest BCUT2D eigenvalue weighted by Gasteiger charge is -2.22. The molecule has 0 aromatic carbocycles. The molecule has 158 valence electrons. The fourth-order valence-corrected chi connectivity index (χ4v) is 3.37. The smallest absolute Gasteiger partial charge is 0.228 e. The number of carbonyl (C=O) groups is 1. The van der Waals surface area contributed by atoms with Crippen LogP contribution < -0.4 is 15.4 Å². The summed E-state index contributed by atoms with van der Waals surface area (Å²) in [6.45, 7) is 2.08. The van der Waals surface area contributed by atoms with Crippen molar-refractivity contribution in [2.75, 3.05) is 17.7 Å². The Morgan fingerprint density at radius 2 is 1.91 bits per heavy atom. The Kier molecular flexibility index (Phi) is 5.83. The molecule has 0 radical (unpaired) electrons. The molecule has 1 amide bonds. The topological polar surface area (TPSA) is 89.0 Å². The number of hydrogen-bond donors (Lipinski definition) is 2. The number of anilines is 2. The van der Waals surface area contributed by atoms with Crippen molar-refractivity contribution in [1.29, 1.82) is 0 Å². The lowest BCUT2D eigenvalue weighted by molar-refractivity contribution is -0.117. The maximum atomic E-state index is 12.4. The van der Waals surface area contributed by atoms with Gasteiger partial charge in [-0.2, -0.15) is 0 Å². The first-order valence-electron chi connectivity index (χ1n) is 10.6. The molecule has 10 heteroatoms. The molecule has 3 aromatic rings. The average Bonchev–Trinajstić information content (AvgIpc) is 3.49. The van der Waals surface area contributed by atoms with Crippen molar-refractivity contribution in [2.24, 2.45) is 11.8 Å². The predicted molar refractivity (Wildman–Crippen MR) is 134 cm³/mol. The van der Waals surface area contributed by atoms with Gasteiger partial charge in [0.15, 0.2) is 0 Å². The Hall–Kier alpha value is -3.47. The number of aromatic nitrogens is 3. The molecule has 7 nitrogen and oxygen atoms in total. The number of amides is 1. The minimum absolute atomic E-state index is 0.0153. The van der Waals surface area contributed by atoms with Crippen LogP contribution in [0, 0.1) is 23.7 Å². The van der Waals surface area contributed by atoms with Gasteiger partial charge in [0.1, 0.15) is 46.6 Å². The molecular weight excluding hydrogens is 399 g/mol. The van der Waals surface area contributed by atoms with Crippen molar-refractivity contribution < 1.29 is 9.53 Å². The molecule has 3 heterocycles. The van der Waals surface area contributed by atoms with Gasteiger partial charge in [0, 0.05) is 29.1 Å². The maximum absolute atomic E-state index is 12.4. The molecule has 1 aliphatic rings. The van der Waals surface area contributed by atoms with Crippen LogP contribution in [0.1, 0.15) is 24.6 Å². The summed E-state index contributed by atoms with van der Waals surface area (Å²) in [6.07, 6.45) is 6.03. The summed E-state index contributed by atoms with van der Waals surface area (Å²) in [4.78, 5) is 25.8. The van der Waals surface area contributed by atoms with E-state index in [4.69, 9.17) is 4.74 Å². The summed E-state index contributed by atoms with van der Waals surface area (Å²) in [5.74, 6) is 8.69. The third-order valence-corrected chi connectivity index (χ3v) is 5.26. The number of hydrogen-bond acceptors (Lipinski definition) is 6. The average molecular weight is 423 g/mol. The first-order chi connectivity index (χ1) is 15.2. The number of carbonyl (C=O) groups excluding carboxylic acids is 1. The van der Waals surface area contributed by atoms with Crippen molar-refractivity contribution in [2.45, 2.75) is 18.6 Å². The van der Waals surface area contributed by atoms with Crippen LogP contribution in [0.2, 0.25) is 0 Å². The summed E-state index contributed by atoms with van der Waals surface area (Å²) < 4.78 is 5.15. The summed E-state index contributed by atoms with van der Waals surface area (Å²) in [5, 5.41) is 7.89. The molecule has 0 aliphatic heterocycles. The van der Waals surface area contributed by atoms with Crippen molar-refractivity contribution in [1.82, 2.24) is 15.0 Å². The highest BCUT2D eigenvalue weighted by atomic mass is 16.5. The van der Waals surface area contributed by atoms with E-state index < -0.39 is 0 Å². The number of ether oxygens (including phenoxy) is 1. The normalized spacial score (nSPS) is 17.2. The van der Waals surface area contributed by atoms with Gasteiger partial charge in [-0.25, -0.2) is 15.0 Å². The Balaban J connectivity index is 1.73. The number of rotatable bonds is 5. The first-order valence-corrected chi connectivity index (χ1v) is 10.6. The minimum Gasteiger partial charge on any atom is -0.495 e. The summed E-state index contributed by atoms with van der Waals surface area (Å²) >= 11 is 0. The summed E-state index contributed by atoms with van der Waals surface area (Å²) in [6, 6.07) is 5.49. The van der Waals surface area contributed by atoms with Gasteiger partial charge in [0.2, 0.25) is 5.91 Å². The van der Waals surface area contributed by atoms with Crippen LogP contribution in [0.25, 0.3) is 10.8 Å². The molecule has 2 N–H and O–H groups in total. The number of nitrogens with zero attached hydrogens (tertiary/aromatic N) is 3. The Morgan fingerprint density at radius 1 is 1.12 bits per heavy atom. The fraction of sp³-hybridized carbons (Fsp3) is 0.273. The molecule has 0 unspecified atom stereocenters. The Labute approximate surface area is 190 Å². The van der Waals surface area contributed by atoms with Crippen LogP contribution in [-0.4, -0.2) is 56.7 Å². The lowest BCUT2D eigenvalue weighted by atomic mass is 9.49. The van der Waals surface area contributed by atoms with Gasteiger partial charge in [0.05, 0.1) is 18.9 Å². The predicted octanol–water partition coefficient (Wildman–Crippen LogP) is -0.0498. The van der Waals surface area contributed by atoms with Crippen LogP contribution in [0.4, 0.5) is 11.6 Å². The quantitative estimate of drug-likeness (QED) is 0.443. The fourth-order valence-electron chi connectivity index (χ4n) is 3.37. The van der Waals surface area contributed by atoms with Gasteiger partial charge < -0.3 is 15.4 Å². The monoisotopic (exact) mass is 423 g/mol. The second-order valence-electron chi connectivity index (χ2n) is 9.15. The minimum atomic E-state index is -0.171. The summed E-state index contributed by atoms with van der Waals surface area (Å²) in [7, 11) is 7.81. The zero-order valence-electron chi connectivity index (χ0n) is 19.0. The van der Waals surface area contributed by atoms with E-state index in [-0.39, 0.29) is 17.1 Å². The van der Waals surface area contributed by atoms with Crippen LogP contribution in [0.5, 0.6) is 5.75 Å². The molecule has 4 rings (SSSR count). The van der Waals surface area contributed by atoms with E-state index in [9.17, 15) is 4.79 Å². The number of fused-ring (bicyclic) bond motifs is 1. The molecular formula is C22H24B3N5O2. The molecule has 1 saturated carbocycles. The molecule has 3 aromatic heterocycles. The Morgan fingerprint density at radius 3 is 2.53 bits per heavy atom. The third-order valence-electron chi connectivity index (χ3n) is 5.26. The highest BCUT2D eigenvalue weighted by Crippen LogP contribution is 2.38. The largest absolute Gasteiger partial charge is 0.495 e. The molecule has 2 atom stereocenters. The van der Waals surface area contributed by atoms with Crippen LogP contribution >= 0.6 is 0 Å². The number of nitrogens with one attached hydrogen (secondary N) is 2. The van der Waals surface area contributed by atoms with E-state index in [2.05, 4.69) is 67.9 Å². The van der Waals surface area contributed by atoms with E-state index in [0.717, 1.165) is 28.6 Å². The van der Waals surface area contributed by atoms with Crippen molar-refractivity contribution in [3.05, 3.63) is 48.0 Å². The zero-order chi connectivity index (χ0) is 22.9. The molecule has 32 heavy (non-hydrogen) atoms. The SMILES string of the molecule is BC(B)(B)Nc1ncc(C#Cc2ccc(OC)cn2)c2cc(NC(=O)[C@H]3C[C@H]3C)ncc12. The standard InChI is InChI=1S/C22H24B3N5O2/c1-12-7-16(12)21(31)29-19-8-17-13(3-4-14-5-6-15(32-2)10-26-14)9-28-20(18(17)11-27-19)30-22(23,24)25/h5-6,8-12,16H,7,23-25H2,1-2H3,(H,28,30)(H,27,29,31)/t12-,16+/m1/s1. The van der Waals surface area contributed by atoms with Crippen molar-refractivity contribution in [3.63, 3.8) is 0 Å². The Bertz CT molecular complexity index is 1230. The van der Waals surface area contributed by atoms with E-state index in [1.807, 2.05) is 12.1 Å². The highest BCUT2D eigenvalue weighted by molar-refractivity contribution is 6.60. The van der Waals surface area contributed by atoms with Crippen LogP contribution in [-0.2, 0) is 4.79 Å². The molecule has 0 bridgehead atoms. The van der Waals surface area contributed by atoms with Crippen LogP contribution in [0.15, 0.2) is 36.8 Å². The zero-order valence-corrected chi connectivity index (χ0v) is 19.0. The van der Waals surface area contributed by atoms with Gasteiger partial charge >= 0.3 is 0 Å². The van der Waals surface area contributed by atoms with Crippen molar-refractivity contribution >= 4 is 51.9 Å². The van der Waals surface area contributed by atoms with Gasteiger partial charge in [0.25, 0.3) is 0 Å². The highest BCUT2D eigenvalue weighted by Gasteiger charge is 2.39. The van der Waals surface area contributed by atoms with Gasteiger partial charge in [-0.1, -0.05) is 12.8 Å². The third kappa shape index (κ3) is 5.05. The van der Waals surface area contributed by atoms with Crippen LogP contribution in [0.3, 0.4) is 0 Å². The molecule has 1 aliphatic carbocycles. The van der Waals surface area contributed by atoms with Gasteiger partial charge in [-0.15, -0.1) is 0 Å². The van der Waals surface area contributed by atoms with Gasteiger partial charge in [-0.3, -0.25) is 4.79 Å². The summed E-state index contributed by atoms with van der Waals surface area (Å²) in [5.41, 5.74) is 1.36. The van der Waals surface area contributed by atoms with Crippen molar-refractivity contribution in [3.8, 4) is 17.6 Å². The molecule has 0 spiro atoms. The lowest BCUT2D eigenvalue weighted by Crippen LogP contribution is -2.40. The number of pyridine rings is 3. The van der Waals surface area contributed by atoms with E-state index in [0.29, 0.717) is 23.2 Å². The maximum Gasteiger partial charge on any atom is 0.228 e. The van der Waals surface area contributed by atoms with Gasteiger partial charge in [-0.05, 0) is 41.7 Å². The van der Waals surface area contributed by atoms with E-state index >= 15 is 0 Å². The second-order valence-corrected chi connectivity index (χ2v) is 9.15. The van der Waals surface area contributed by atoms with E-state index in [1.54, 1.807) is 31.8 Å². The first kappa shape index (κ1) is 21.8.